The van der Waals surface area contributed by atoms with E-state index in [1.165, 1.54) is 11.7 Å². The molecule has 0 aromatic rings. The quantitative estimate of drug-likeness (QED) is 0.160. The molecule has 0 radical (unpaired) electrons. The zero-order valence-corrected chi connectivity index (χ0v) is 18.7. The summed E-state index contributed by atoms with van der Waals surface area (Å²) in [5, 5.41) is 0. The Morgan fingerprint density at radius 2 is 1.13 bits per heavy atom. The van der Waals surface area contributed by atoms with Crippen LogP contribution >= 0.6 is 0 Å². The van der Waals surface area contributed by atoms with Gasteiger partial charge in [0.05, 0.1) is 6.61 Å². The second-order valence-corrected chi connectivity index (χ2v) is 7.51. The molecule has 3 atom stereocenters. The first-order chi connectivity index (χ1) is 16.6. The average Bonchev–Trinajstić information content (AvgIpc) is 2.70. The molecule has 0 aliphatic carbocycles. The van der Waals surface area contributed by atoms with Gasteiger partial charge in [-0.05, 0) is 12.3 Å². The van der Waals surface area contributed by atoms with E-state index in [0.29, 0.717) is 12.8 Å². The van der Waals surface area contributed by atoms with Crippen molar-refractivity contribution in [3.05, 3.63) is 0 Å². The lowest BCUT2D eigenvalue weighted by Crippen LogP contribution is -2.68. The number of ether oxygens (including phenoxy) is 3. The van der Waals surface area contributed by atoms with Gasteiger partial charge < -0.3 is 4.74 Å². The summed E-state index contributed by atoms with van der Waals surface area (Å²) in [6.45, 7) is 1.75. The van der Waals surface area contributed by atoms with E-state index in [9.17, 15) is 79.4 Å². The van der Waals surface area contributed by atoms with Gasteiger partial charge in [-0.1, -0.05) is 33.1 Å². The van der Waals surface area contributed by atoms with Crippen LogP contribution in [-0.4, -0.2) is 61.0 Å². The maximum atomic E-state index is 14.4. The Labute approximate surface area is 201 Å². The van der Waals surface area contributed by atoms with E-state index in [-0.39, 0.29) is 12.8 Å². The third-order valence-corrected chi connectivity index (χ3v) is 4.62. The molecule has 0 amide bonds. The van der Waals surface area contributed by atoms with Crippen molar-refractivity contribution in [2.45, 2.75) is 87.9 Å². The number of carbonyl (C=O) groups excluding carboxylic acids is 1. The van der Waals surface area contributed by atoms with E-state index in [0.717, 1.165) is 0 Å². The second-order valence-electron chi connectivity index (χ2n) is 7.51. The van der Waals surface area contributed by atoms with Gasteiger partial charge in [0.25, 0.3) is 0 Å². The summed E-state index contributed by atoms with van der Waals surface area (Å²) < 4.78 is 230. The topological polar surface area (TPSA) is 44.8 Å². The van der Waals surface area contributed by atoms with Crippen LogP contribution in [0.25, 0.3) is 0 Å². The van der Waals surface area contributed by atoms with E-state index < -0.39 is 66.9 Å². The van der Waals surface area contributed by atoms with Crippen LogP contribution in [0.5, 0.6) is 0 Å². The van der Waals surface area contributed by atoms with Gasteiger partial charge in [-0.15, -0.1) is 0 Å². The Morgan fingerprint density at radius 3 is 1.47 bits per heavy atom. The van der Waals surface area contributed by atoms with E-state index in [4.69, 9.17) is 0 Å². The van der Waals surface area contributed by atoms with Crippen LogP contribution in [0.4, 0.5) is 74.6 Å². The van der Waals surface area contributed by atoms with E-state index in [2.05, 4.69) is 4.74 Å². The Morgan fingerprint density at radius 1 is 0.658 bits per heavy atom. The number of unbranched alkanes of at least 4 members (excludes halogenated alkanes) is 1. The van der Waals surface area contributed by atoms with Crippen molar-refractivity contribution in [2.24, 2.45) is 5.92 Å². The Kier molecular flexibility index (Phi) is 10.8. The minimum atomic E-state index is -8.05. The lowest BCUT2D eigenvalue weighted by molar-refractivity contribution is -0.548. The molecule has 0 bridgehead atoms. The molecule has 0 aliphatic heterocycles. The summed E-state index contributed by atoms with van der Waals surface area (Å²) in [4.78, 5) is 11.6. The molecule has 0 unspecified atom stereocenters. The predicted octanol–water partition coefficient (Wildman–Crippen LogP) is 7.62. The number of esters is 1. The lowest BCUT2D eigenvalue weighted by Gasteiger charge is -2.39. The van der Waals surface area contributed by atoms with Crippen molar-refractivity contribution in [3.8, 4) is 0 Å². The standard InChI is InChI=1S/C17H17F17O4/c1-3-5-6-8(4-2)7-36-9(35)10(18,13(22,23)24)37-17(33,34)12(21,15(28,29)30)38-16(31,32)11(19,20)14(25,26)27/h8H,3-7H2,1-2H3/t8-,10-,12+/m0/s1. The van der Waals surface area contributed by atoms with Gasteiger partial charge in [-0.2, -0.15) is 74.6 Å². The SMILES string of the molecule is CCCC[C@H](CC)COC(=O)[C@](F)(OC(F)(F)[C@](F)(OC(F)(F)C(F)(F)C(F)(F)F)C(F)(F)F)C(F)(F)F. The molecule has 0 rings (SSSR count). The highest BCUT2D eigenvalue weighted by atomic mass is 19.4. The first kappa shape index (κ1) is 36.2. The Balaban J connectivity index is 6.53. The average molecular weight is 608 g/mol. The normalized spacial score (nSPS) is 18.5. The third kappa shape index (κ3) is 7.23. The van der Waals surface area contributed by atoms with Crippen LogP contribution in [0.2, 0.25) is 0 Å². The summed E-state index contributed by atoms with van der Waals surface area (Å²) in [5.74, 6) is -27.2. The van der Waals surface area contributed by atoms with Crippen LogP contribution < -0.4 is 0 Å². The smallest absolute Gasteiger partial charge is 0.461 e. The predicted molar refractivity (Wildman–Crippen MR) is 87.1 cm³/mol. The Bertz CT molecular complexity index is 791. The minimum Gasteiger partial charge on any atom is -0.461 e. The molecule has 38 heavy (non-hydrogen) atoms. The fourth-order valence-electron chi connectivity index (χ4n) is 2.33. The van der Waals surface area contributed by atoms with Crippen molar-refractivity contribution < 1.29 is 93.6 Å². The Hall–Kier alpha value is -1.80. The molecule has 0 aliphatic rings. The van der Waals surface area contributed by atoms with Crippen LogP contribution in [0.3, 0.4) is 0 Å². The third-order valence-electron chi connectivity index (χ3n) is 4.62. The van der Waals surface area contributed by atoms with Crippen LogP contribution in [0, 0.1) is 5.92 Å². The number of hydrogen-bond acceptors (Lipinski definition) is 4. The maximum absolute atomic E-state index is 14.4. The summed E-state index contributed by atoms with van der Waals surface area (Å²) in [7, 11) is 0. The summed E-state index contributed by atoms with van der Waals surface area (Å²) in [6, 6.07) is 0. The molecule has 0 saturated heterocycles. The highest BCUT2D eigenvalue weighted by molar-refractivity contribution is 5.78. The largest absolute Gasteiger partial charge is 0.462 e. The highest BCUT2D eigenvalue weighted by Gasteiger charge is 2.85. The summed E-state index contributed by atoms with van der Waals surface area (Å²) in [5.41, 5.74) is 0. The molecule has 0 spiro atoms. The van der Waals surface area contributed by atoms with Gasteiger partial charge >= 0.3 is 54.3 Å². The molecule has 228 valence electrons. The van der Waals surface area contributed by atoms with E-state index in [1.54, 1.807) is 6.92 Å². The van der Waals surface area contributed by atoms with E-state index >= 15 is 0 Å². The molecule has 0 N–H and O–H groups in total. The first-order valence-corrected chi connectivity index (χ1v) is 9.87. The van der Waals surface area contributed by atoms with Gasteiger partial charge in [0.2, 0.25) is 0 Å². The minimum absolute atomic E-state index is 0.00634. The van der Waals surface area contributed by atoms with Gasteiger partial charge in [0, 0.05) is 0 Å². The highest BCUT2D eigenvalue weighted by Crippen LogP contribution is 2.56. The number of halogens is 17. The monoisotopic (exact) mass is 608 g/mol. The van der Waals surface area contributed by atoms with Crippen molar-refractivity contribution in [3.63, 3.8) is 0 Å². The fraction of sp³-hybridized carbons (Fsp3) is 0.941. The van der Waals surface area contributed by atoms with Crippen LogP contribution in [0.15, 0.2) is 0 Å². The number of alkyl halides is 17. The lowest BCUT2D eigenvalue weighted by atomic mass is 10.0. The summed E-state index contributed by atoms with van der Waals surface area (Å²) >= 11 is 0. The van der Waals surface area contributed by atoms with Crippen molar-refractivity contribution in [1.29, 1.82) is 0 Å². The zero-order valence-electron chi connectivity index (χ0n) is 18.7. The first-order valence-electron chi connectivity index (χ1n) is 9.87. The molecule has 0 fully saturated rings. The molecule has 0 saturated carbocycles. The molecule has 0 heterocycles. The van der Waals surface area contributed by atoms with Gasteiger partial charge in [-0.25, -0.2) is 4.79 Å². The number of hydrogen-bond donors (Lipinski definition) is 0. The molecule has 4 nitrogen and oxygen atoms in total. The zero-order chi connectivity index (χ0) is 30.8. The van der Waals surface area contributed by atoms with Crippen LogP contribution in [0.1, 0.15) is 39.5 Å². The number of carbonyl (C=O) groups is 1. The molecular weight excluding hydrogens is 591 g/mol. The van der Waals surface area contributed by atoms with Crippen LogP contribution in [-0.2, 0) is 19.0 Å². The van der Waals surface area contributed by atoms with Gasteiger partial charge in [-0.3, -0.25) is 9.47 Å². The summed E-state index contributed by atoms with van der Waals surface area (Å²) in [6.07, 6.45) is -37.7. The van der Waals surface area contributed by atoms with E-state index in [1.807, 2.05) is 4.74 Å². The molecular formula is C17H17F17O4. The van der Waals surface area contributed by atoms with Gasteiger partial charge in [0.1, 0.15) is 0 Å². The number of rotatable bonds is 13. The van der Waals surface area contributed by atoms with Gasteiger partial charge in [0.15, 0.2) is 0 Å². The fourth-order valence-corrected chi connectivity index (χ4v) is 2.33. The molecule has 0 aromatic heterocycles. The maximum Gasteiger partial charge on any atom is 0.462 e. The second kappa shape index (κ2) is 11.4. The van der Waals surface area contributed by atoms with Crippen molar-refractivity contribution in [1.82, 2.24) is 0 Å². The van der Waals surface area contributed by atoms with Crippen molar-refractivity contribution in [2.75, 3.05) is 6.61 Å². The molecule has 0 aromatic carbocycles. The molecule has 21 heteroatoms. The van der Waals surface area contributed by atoms with Crippen molar-refractivity contribution >= 4 is 5.97 Å².